The molecule has 0 bridgehead atoms. The van der Waals surface area contributed by atoms with Crippen molar-refractivity contribution >= 4 is 40.7 Å². The molecular weight excluding hydrogens is 511 g/mol. The highest BCUT2D eigenvalue weighted by Crippen LogP contribution is 2.33. The van der Waals surface area contributed by atoms with Crippen molar-refractivity contribution in [3.63, 3.8) is 0 Å². The summed E-state index contributed by atoms with van der Waals surface area (Å²) in [5.74, 6) is 1.55. The molecule has 8 heteroatoms. The molecule has 0 heterocycles. The molecule has 1 fully saturated rings. The van der Waals surface area contributed by atoms with Crippen LogP contribution in [0.3, 0.4) is 0 Å². The van der Waals surface area contributed by atoms with Gasteiger partial charge >= 0.3 is 6.03 Å². The molecule has 39 heavy (non-hydrogen) atoms. The van der Waals surface area contributed by atoms with E-state index in [1.807, 2.05) is 40.8 Å². The van der Waals surface area contributed by atoms with Gasteiger partial charge in [-0.3, -0.25) is 9.79 Å². The third kappa shape index (κ3) is 19.6. The molecule has 1 aliphatic carbocycles. The van der Waals surface area contributed by atoms with Crippen LogP contribution in [0, 0.1) is 11.8 Å². The number of alkyl halides is 1. The first-order valence-electron chi connectivity index (χ1n) is 14.5. The van der Waals surface area contributed by atoms with Crippen molar-refractivity contribution in [3.8, 4) is 0 Å². The van der Waals surface area contributed by atoms with Gasteiger partial charge in [0.1, 0.15) is 17.8 Å². The highest BCUT2D eigenvalue weighted by molar-refractivity contribution is 8.14. The molecule has 0 aromatic heterocycles. The van der Waals surface area contributed by atoms with E-state index in [0.29, 0.717) is 23.1 Å². The van der Waals surface area contributed by atoms with Gasteiger partial charge in [0.25, 0.3) is 0 Å². The van der Waals surface area contributed by atoms with Crippen LogP contribution < -0.4 is 5.32 Å². The van der Waals surface area contributed by atoms with Gasteiger partial charge in [0.05, 0.1) is 17.3 Å². The van der Waals surface area contributed by atoms with Gasteiger partial charge in [-0.15, -0.1) is 11.8 Å². The molecule has 1 saturated carbocycles. The number of allylic oxidation sites excluding steroid dienone is 3. The Hall–Kier alpha value is -2.09. The minimum absolute atomic E-state index is 0.0340. The summed E-state index contributed by atoms with van der Waals surface area (Å²) in [5, 5.41) is 3.07. The van der Waals surface area contributed by atoms with Crippen molar-refractivity contribution in [1.82, 2.24) is 5.32 Å². The van der Waals surface area contributed by atoms with E-state index in [-0.39, 0.29) is 18.2 Å². The minimum Gasteiger partial charge on any atom is -0.333 e. The fraction of sp³-hybridized carbons (Fsp3) is 0.710. The van der Waals surface area contributed by atoms with Crippen molar-refractivity contribution in [2.24, 2.45) is 26.8 Å². The molecular formula is C31H55FN4O2S. The van der Waals surface area contributed by atoms with E-state index in [1.165, 1.54) is 17.3 Å². The highest BCUT2D eigenvalue weighted by Gasteiger charge is 2.29. The third-order valence-corrected chi connectivity index (χ3v) is 7.28. The SMILES string of the molecule is C=C(C)/C(C)=C\C.CC.CCCC=NC(=NC)C1CCC(C(F)CNC(=O)/N=C(/C)SCC(=O)CCC)CC1. The van der Waals surface area contributed by atoms with Crippen molar-refractivity contribution in [1.29, 1.82) is 0 Å². The normalized spacial score (nSPS) is 18.9. The summed E-state index contributed by atoms with van der Waals surface area (Å²) < 4.78 is 14.6. The first-order valence-corrected chi connectivity index (χ1v) is 15.5. The Morgan fingerprint density at radius 2 is 1.72 bits per heavy atom. The lowest BCUT2D eigenvalue weighted by atomic mass is 9.79. The maximum atomic E-state index is 14.6. The monoisotopic (exact) mass is 566 g/mol. The molecule has 1 aliphatic rings. The lowest BCUT2D eigenvalue weighted by Crippen LogP contribution is -2.35. The summed E-state index contributed by atoms with van der Waals surface area (Å²) in [6.07, 6.45) is 9.51. The predicted molar refractivity (Wildman–Crippen MR) is 172 cm³/mol. The number of halogens is 1. The molecule has 0 aromatic carbocycles. The van der Waals surface area contributed by atoms with Crippen LogP contribution in [0.4, 0.5) is 9.18 Å². The largest absolute Gasteiger partial charge is 0.341 e. The quantitative estimate of drug-likeness (QED) is 0.154. The zero-order valence-corrected chi connectivity index (χ0v) is 26.9. The van der Waals surface area contributed by atoms with Crippen LogP contribution >= 0.6 is 11.8 Å². The van der Waals surface area contributed by atoms with E-state index in [4.69, 9.17) is 0 Å². The lowest BCUT2D eigenvalue weighted by Gasteiger charge is -2.30. The average Bonchev–Trinajstić information content (AvgIpc) is 2.94. The molecule has 224 valence electrons. The van der Waals surface area contributed by atoms with Crippen molar-refractivity contribution in [2.45, 2.75) is 113 Å². The van der Waals surface area contributed by atoms with Crippen LogP contribution in [0.2, 0.25) is 0 Å². The Kier molecular flexibility index (Phi) is 25.0. The Morgan fingerprint density at radius 1 is 1.10 bits per heavy atom. The molecule has 1 rings (SSSR count). The molecule has 1 atom stereocenters. The fourth-order valence-corrected chi connectivity index (χ4v) is 4.38. The summed E-state index contributed by atoms with van der Waals surface area (Å²) in [6, 6.07) is -0.551. The number of nitrogens with zero attached hydrogens (tertiary/aromatic N) is 3. The van der Waals surface area contributed by atoms with Crippen LogP contribution in [0.5, 0.6) is 0 Å². The second-order valence-electron chi connectivity index (χ2n) is 9.46. The van der Waals surface area contributed by atoms with Crippen LogP contribution in [0.15, 0.2) is 38.8 Å². The van der Waals surface area contributed by atoms with Gasteiger partial charge < -0.3 is 5.32 Å². The average molecular weight is 567 g/mol. The van der Waals surface area contributed by atoms with E-state index < -0.39 is 12.2 Å². The molecule has 1 N–H and O–H groups in total. The Balaban J connectivity index is 0. The van der Waals surface area contributed by atoms with Gasteiger partial charge in [-0.25, -0.2) is 14.2 Å². The smallest absolute Gasteiger partial charge is 0.333 e. The number of rotatable bonds is 11. The number of nitrogens with one attached hydrogen (secondary N) is 1. The highest BCUT2D eigenvalue weighted by atomic mass is 32.2. The number of unbranched alkanes of at least 4 members (excludes halogenated alkanes) is 1. The molecule has 0 radical (unpaired) electrons. The predicted octanol–water partition coefficient (Wildman–Crippen LogP) is 8.82. The van der Waals surface area contributed by atoms with Gasteiger partial charge in [-0.1, -0.05) is 57.9 Å². The van der Waals surface area contributed by atoms with Crippen LogP contribution in [-0.4, -0.2) is 54.4 Å². The van der Waals surface area contributed by atoms with Crippen LogP contribution in [0.25, 0.3) is 0 Å². The lowest BCUT2D eigenvalue weighted by molar-refractivity contribution is -0.116. The number of aliphatic imine (C=N–C) groups is 3. The Labute approximate surface area is 242 Å². The number of ketones is 1. The van der Waals surface area contributed by atoms with Gasteiger partial charge in [-0.05, 0) is 72.1 Å². The van der Waals surface area contributed by atoms with Gasteiger partial charge in [0, 0.05) is 25.6 Å². The van der Waals surface area contributed by atoms with Gasteiger partial charge in [0.15, 0.2) is 0 Å². The minimum atomic E-state index is -1.09. The maximum Gasteiger partial charge on any atom is 0.341 e. The van der Waals surface area contributed by atoms with E-state index in [0.717, 1.165) is 56.4 Å². The number of carbonyl (C=O) groups excluding carboxylic acids is 2. The summed E-state index contributed by atoms with van der Waals surface area (Å²) in [6.45, 7) is 19.6. The number of amides is 2. The number of thioether (sulfide) groups is 1. The first-order chi connectivity index (χ1) is 18.6. The summed E-state index contributed by atoms with van der Waals surface area (Å²) in [7, 11) is 1.76. The van der Waals surface area contributed by atoms with Gasteiger partial charge in [0.2, 0.25) is 0 Å². The zero-order valence-electron chi connectivity index (χ0n) is 26.1. The van der Waals surface area contributed by atoms with Crippen molar-refractivity contribution < 1.29 is 14.0 Å². The fourth-order valence-electron chi connectivity index (χ4n) is 3.72. The second kappa shape index (κ2) is 24.9. The van der Waals surface area contributed by atoms with E-state index in [9.17, 15) is 14.0 Å². The van der Waals surface area contributed by atoms with Crippen LogP contribution in [-0.2, 0) is 4.79 Å². The number of carbonyl (C=O) groups is 2. The van der Waals surface area contributed by atoms with E-state index in [2.05, 4.69) is 46.8 Å². The third-order valence-electron chi connectivity index (χ3n) is 6.30. The van der Waals surface area contributed by atoms with E-state index >= 15 is 0 Å². The summed E-state index contributed by atoms with van der Waals surface area (Å²) >= 11 is 1.25. The number of amidine groups is 1. The standard InChI is InChI=1S/C22H37FN4O2S.C7H12.C2H6/c1-5-7-13-25-21(24-4)18-11-9-17(10-12-18)20(23)14-26-22(29)27-16(3)30-15-19(28)8-6-2;1-5-7(4)6(2)3;1-2/h13,17-18,20H,5-12,14-15H2,1-4H3,(H,26,29);5H,2H2,1,3-4H3;1-2H3/b24-21?,25-13?,27-16-;7-5-;. The zero-order chi connectivity index (χ0) is 30.2. The molecule has 0 saturated heterocycles. The topological polar surface area (TPSA) is 83.2 Å². The molecule has 1 unspecified atom stereocenters. The Bertz CT molecular complexity index is 828. The molecule has 2 amide bonds. The summed E-state index contributed by atoms with van der Waals surface area (Å²) in [4.78, 5) is 36.1. The molecule has 6 nitrogen and oxygen atoms in total. The molecule has 0 aliphatic heterocycles. The van der Waals surface area contributed by atoms with E-state index in [1.54, 1.807) is 14.0 Å². The first kappa shape index (κ1) is 39.1. The molecule has 0 aromatic rings. The summed E-state index contributed by atoms with van der Waals surface area (Å²) in [5.41, 5.74) is 2.43. The van der Waals surface area contributed by atoms with Crippen molar-refractivity contribution in [3.05, 3.63) is 23.8 Å². The number of urea groups is 1. The maximum absolute atomic E-state index is 14.6. The Morgan fingerprint density at radius 3 is 2.18 bits per heavy atom. The second-order valence-corrected chi connectivity index (χ2v) is 10.6. The number of Topliss-reactive ketones (excluding diaryl/α,β-unsaturated/α-hetero) is 1. The number of hydrogen-bond acceptors (Lipinski definition) is 4. The number of hydrogen-bond donors (Lipinski definition) is 1. The van der Waals surface area contributed by atoms with Crippen molar-refractivity contribution in [2.75, 3.05) is 19.3 Å². The van der Waals surface area contributed by atoms with Crippen LogP contribution in [0.1, 0.15) is 107 Å². The van der Waals surface area contributed by atoms with Gasteiger partial charge in [-0.2, -0.15) is 4.99 Å². The molecule has 0 spiro atoms.